The second-order valence-corrected chi connectivity index (χ2v) is 7.14. The lowest BCUT2D eigenvalue weighted by molar-refractivity contribution is 0.101. The van der Waals surface area contributed by atoms with Gasteiger partial charge in [-0.15, -0.1) is 5.10 Å². The van der Waals surface area contributed by atoms with Crippen LogP contribution in [-0.2, 0) is 0 Å². The summed E-state index contributed by atoms with van der Waals surface area (Å²) in [6.07, 6.45) is 1.61. The fourth-order valence-corrected chi connectivity index (χ4v) is 3.53. The minimum Gasteiger partial charge on any atom is -0.319 e. The summed E-state index contributed by atoms with van der Waals surface area (Å²) in [6.45, 7) is 1.89. The van der Waals surface area contributed by atoms with E-state index in [0.29, 0.717) is 16.4 Å². The van der Waals surface area contributed by atoms with E-state index in [0.717, 1.165) is 14.8 Å². The Bertz CT molecular complexity index is 818. The molecule has 0 unspecified atom stereocenters. The van der Waals surface area contributed by atoms with E-state index < -0.39 is 0 Å². The number of aryl methyl sites for hydroxylation is 1. The Morgan fingerprint density at radius 1 is 1.22 bits per heavy atom. The molecule has 0 atom stereocenters. The van der Waals surface area contributed by atoms with Crippen molar-refractivity contribution in [1.29, 1.82) is 0 Å². The summed E-state index contributed by atoms with van der Waals surface area (Å²) in [5.41, 5.74) is 1.81. The number of halogens is 1. The van der Waals surface area contributed by atoms with Crippen molar-refractivity contribution < 1.29 is 4.79 Å². The van der Waals surface area contributed by atoms with Gasteiger partial charge in [0.25, 0.3) is 5.91 Å². The van der Waals surface area contributed by atoms with Crippen molar-refractivity contribution in [2.75, 3.05) is 5.32 Å². The van der Waals surface area contributed by atoms with Gasteiger partial charge >= 0.3 is 0 Å². The van der Waals surface area contributed by atoms with Crippen LogP contribution in [0, 0.1) is 6.92 Å². The molecule has 2 heterocycles. The van der Waals surface area contributed by atoms with Crippen molar-refractivity contribution in [2.24, 2.45) is 0 Å². The van der Waals surface area contributed by atoms with Crippen molar-refractivity contribution in [2.45, 2.75) is 16.0 Å². The Morgan fingerprint density at radius 3 is 2.70 bits per heavy atom. The average Bonchev–Trinajstić information content (AvgIpc) is 3.00. The molecule has 0 bridgehead atoms. The van der Waals surface area contributed by atoms with Gasteiger partial charge in [0, 0.05) is 15.6 Å². The van der Waals surface area contributed by atoms with Crippen LogP contribution in [0.1, 0.15) is 16.2 Å². The maximum Gasteiger partial charge on any atom is 0.278 e. The number of pyridine rings is 1. The van der Waals surface area contributed by atoms with Gasteiger partial charge in [0.05, 0.1) is 11.9 Å². The molecule has 0 saturated heterocycles. The van der Waals surface area contributed by atoms with Crippen LogP contribution in [-0.4, -0.2) is 20.5 Å². The Labute approximate surface area is 146 Å². The molecular weight excluding hydrogens is 352 g/mol. The quantitative estimate of drug-likeness (QED) is 0.749. The third kappa shape index (κ3) is 4.07. The molecule has 0 aliphatic rings. The first-order valence-electron chi connectivity index (χ1n) is 6.61. The predicted octanol–water partition coefficient (Wildman–Crippen LogP) is 4.30. The Morgan fingerprint density at radius 2 is 2.00 bits per heavy atom. The molecule has 1 N–H and O–H groups in total. The van der Waals surface area contributed by atoms with E-state index in [9.17, 15) is 4.79 Å². The zero-order valence-electron chi connectivity index (χ0n) is 12.0. The lowest BCUT2D eigenvalue weighted by Crippen LogP contribution is -2.13. The van der Waals surface area contributed by atoms with Gasteiger partial charge in [-0.3, -0.25) is 9.78 Å². The maximum atomic E-state index is 12.4. The molecule has 1 amide bonds. The summed E-state index contributed by atoms with van der Waals surface area (Å²) in [5.74, 6) is -0.305. The van der Waals surface area contributed by atoms with Gasteiger partial charge in [-0.2, -0.15) is 0 Å². The Hall–Kier alpha value is -1.96. The number of anilines is 1. The molecule has 0 aliphatic heterocycles. The summed E-state index contributed by atoms with van der Waals surface area (Å²) in [6, 6.07) is 11.0. The number of rotatable bonds is 4. The molecule has 0 spiro atoms. The minimum absolute atomic E-state index is 0.301. The maximum absolute atomic E-state index is 12.4. The zero-order valence-corrected chi connectivity index (χ0v) is 14.4. The highest BCUT2D eigenvalue weighted by Gasteiger charge is 2.18. The molecule has 3 aromatic rings. The number of aromatic nitrogens is 3. The van der Waals surface area contributed by atoms with Crippen LogP contribution in [0.15, 0.2) is 51.7 Å². The molecule has 8 heteroatoms. The normalized spacial score (nSPS) is 10.5. The molecule has 0 aliphatic carbocycles. The van der Waals surface area contributed by atoms with Crippen LogP contribution in [0.3, 0.4) is 0 Å². The average molecular weight is 363 g/mol. The van der Waals surface area contributed by atoms with Crippen LogP contribution in [0.2, 0.25) is 5.02 Å². The van der Waals surface area contributed by atoms with Crippen molar-refractivity contribution >= 4 is 46.5 Å². The van der Waals surface area contributed by atoms with Crippen LogP contribution in [0.4, 0.5) is 5.69 Å². The molecule has 5 nitrogen and oxygen atoms in total. The Kier molecular flexibility index (Phi) is 4.90. The highest BCUT2D eigenvalue weighted by atomic mass is 35.5. The molecular formula is C15H11ClN4OS2. The van der Waals surface area contributed by atoms with Gasteiger partial charge in [-0.1, -0.05) is 27.9 Å². The number of hydrogen-bond acceptors (Lipinski definition) is 6. The summed E-state index contributed by atoms with van der Waals surface area (Å²) in [5, 5.41) is 7.38. The first kappa shape index (κ1) is 15.9. The number of hydrogen-bond donors (Lipinski definition) is 1. The summed E-state index contributed by atoms with van der Waals surface area (Å²) < 4.78 is 4.61. The molecule has 3 rings (SSSR count). The highest BCUT2D eigenvalue weighted by Crippen LogP contribution is 2.33. The van der Waals surface area contributed by atoms with Gasteiger partial charge in [0.15, 0.2) is 5.69 Å². The summed E-state index contributed by atoms with van der Waals surface area (Å²) >= 11 is 8.49. The molecule has 0 radical (unpaired) electrons. The fourth-order valence-electron chi connectivity index (χ4n) is 1.73. The Balaban J connectivity index is 1.75. The SMILES string of the molecule is Cc1ccc(NC(=O)c2nnsc2Sc2ccc(Cl)cc2)cn1. The molecule has 116 valence electrons. The van der Waals surface area contributed by atoms with Gasteiger partial charge in [0.1, 0.15) is 4.21 Å². The molecule has 1 aromatic carbocycles. The number of carbonyl (C=O) groups excluding carboxylic acids is 1. The summed E-state index contributed by atoms with van der Waals surface area (Å²) in [7, 11) is 0. The summed E-state index contributed by atoms with van der Waals surface area (Å²) in [4.78, 5) is 17.5. The van der Waals surface area contributed by atoms with Gasteiger partial charge < -0.3 is 5.32 Å². The minimum atomic E-state index is -0.305. The topological polar surface area (TPSA) is 67.8 Å². The number of nitrogens with one attached hydrogen (secondary N) is 1. The fraction of sp³-hybridized carbons (Fsp3) is 0.0667. The second-order valence-electron chi connectivity index (χ2n) is 4.61. The van der Waals surface area contributed by atoms with E-state index in [1.807, 2.05) is 25.1 Å². The smallest absolute Gasteiger partial charge is 0.278 e. The number of benzene rings is 1. The van der Waals surface area contributed by atoms with Crippen LogP contribution >= 0.6 is 34.9 Å². The van der Waals surface area contributed by atoms with Crippen molar-refractivity contribution in [3.05, 3.63) is 59.0 Å². The predicted molar refractivity (Wildman–Crippen MR) is 92.4 cm³/mol. The van der Waals surface area contributed by atoms with Crippen molar-refractivity contribution in [1.82, 2.24) is 14.6 Å². The van der Waals surface area contributed by atoms with E-state index in [1.54, 1.807) is 24.4 Å². The van der Waals surface area contributed by atoms with Crippen LogP contribution in [0.25, 0.3) is 0 Å². The molecule has 2 aromatic heterocycles. The van der Waals surface area contributed by atoms with E-state index in [2.05, 4.69) is 19.9 Å². The third-order valence-electron chi connectivity index (χ3n) is 2.87. The van der Waals surface area contributed by atoms with Crippen molar-refractivity contribution in [3.63, 3.8) is 0 Å². The second kappa shape index (κ2) is 7.08. The number of amides is 1. The van der Waals surface area contributed by atoms with E-state index in [-0.39, 0.29) is 5.91 Å². The monoisotopic (exact) mass is 362 g/mol. The van der Waals surface area contributed by atoms with E-state index >= 15 is 0 Å². The van der Waals surface area contributed by atoms with E-state index in [1.165, 1.54) is 23.3 Å². The first-order valence-corrected chi connectivity index (χ1v) is 8.58. The molecule has 0 saturated carbocycles. The largest absolute Gasteiger partial charge is 0.319 e. The first-order chi connectivity index (χ1) is 11.1. The van der Waals surface area contributed by atoms with Gasteiger partial charge in [-0.05, 0) is 54.9 Å². The number of nitrogens with zero attached hydrogens (tertiary/aromatic N) is 3. The van der Waals surface area contributed by atoms with Gasteiger partial charge in [-0.25, -0.2) is 0 Å². The third-order valence-corrected chi connectivity index (χ3v) is 5.00. The lowest BCUT2D eigenvalue weighted by Gasteiger charge is -2.04. The molecule has 23 heavy (non-hydrogen) atoms. The van der Waals surface area contributed by atoms with E-state index in [4.69, 9.17) is 11.6 Å². The van der Waals surface area contributed by atoms with Gasteiger partial charge in [0.2, 0.25) is 0 Å². The van der Waals surface area contributed by atoms with Crippen LogP contribution < -0.4 is 5.32 Å². The molecule has 0 fully saturated rings. The van der Waals surface area contributed by atoms with Crippen molar-refractivity contribution in [3.8, 4) is 0 Å². The standard InChI is InChI=1S/C15H11ClN4OS2/c1-9-2-5-11(8-17-9)18-14(21)13-15(23-20-19-13)22-12-6-3-10(16)4-7-12/h2-8H,1H3,(H,18,21). The zero-order chi connectivity index (χ0) is 16.2. The number of carbonyl (C=O) groups is 1. The lowest BCUT2D eigenvalue weighted by atomic mass is 10.3. The van der Waals surface area contributed by atoms with Crippen LogP contribution in [0.5, 0.6) is 0 Å². The highest BCUT2D eigenvalue weighted by molar-refractivity contribution is 8.01.